The predicted octanol–water partition coefficient (Wildman–Crippen LogP) is -8.63. The van der Waals surface area contributed by atoms with Crippen LogP contribution in [0.1, 0.15) is 64.5 Å². The highest BCUT2D eigenvalue weighted by atomic mass is 31.3. The third kappa shape index (κ3) is 18.1. The van der Waals surface area contributed by atoms with Crippen molar-refractivity contribution in [1.82, 2.24) is 20.2 Å². The molecule has 1 aliphatic heterocycles. The van der Waals surface area contributed by atoms with Gasteiger partial charge in [0.1, 0.15) is 30.4 Å². The van der Waals surface area contributed by atoms with Crippen molar-refractivity contribution in [1.29, 1.82) is 0 Å². The zero-order valence-corrected chi connectivity index (χ0v) is 34.5. The van der Waals surface area contributed by atoms with Gasteiger partial charge in [-0.1, -0.05) is 6.42 Å². The van der Waals surface area contributed by atoms with E-state index in [2.05, 4.69) is 24.4 Å². The van der Waals surface area contributed by atoms with E-state index in [1.807, 2.05) is 10.3 Å². The number of phosphoric acid groups is 2. The van der Waals surface area contributed by atoms with Gasteiger partial charge in [-0.2, -0.15) is 0 Å². The molecule has 0 saturated carbocycles. The minimum atomic E-state index is -5.69. The number of hydrogen-bond acceptors (Lipinski definition) is 22. The quantitative estimate of drug-likeness (QED) is 0.0336. The van der Waals surface area contributed by atoms with Crippen molar-refractivity contribution >= 4 is 52.7 Å². The Kier molecular flexibility index (Phi) is 20.6. The molecular weight excluding hydrogens is 875 g/mol. The summed E-state index contributed by atoms with van der Waals surface area (Å²) < 4.78 is 55.6. The fourth-order valence-electron chi connectivity index (χ4n) is 5.49. The summed E-state index contributed by atoms with van der Waals surface area (Å²) in [6, 6.07) is -3.45. The molecule has 11 atom stereocenters. The van der Waals surface area contributed by atoms with Gasteiger partial charge in [-0.15, -0.1) is 0 Å². The number of ether oxygens (including phenoxy) is 1. The summed E-state index contributed by atoms with van der Waals surface area (Å²) in [5, 5.41) is 58.5. The van der Waals surface area contributed by atoms with Gasteiger partial charge in [-0.05, 0) is 51.4 Å². The van der Waals surface area contributed by atoms with Crippen LogP contribution in [0.15, 0.2) is 21.9 Å². The van der Waals surface area contributed by atoms with Crippen molar-refractivity contribution in [3.8, 4) is 0 Å². The van der Waals surface area contributed by atoms with Crippen LogP contribution in [0.5, 0.6) is 0 Å². The van der Waals surface area contributed by atoms with Crippen LogP contribution in [0.2, 0.25) is 0 Å². The van der Waals surface area contributed by atoms with E-state index in [1.165, 1.54) is 6.92 Å². The Morgan fingerprint density at radius 3 is 2.15 bits per heavy atom. The summed E-state index contributed by atoms with van der Waals surface area (Å²) in [4.78, 5) is 121. The molecule has 0 aliphatic carbocycles. The number of aromatic amines is 1. The van der Waals surface area contributed by atoms with Gasteiger partial charge >= 0.3 is 5.69 Å². The predicted molar refractivity (Wildman–Crippen MR) is 184 cm³/mol. The molecule has 8 N–H and O–H groups in total. The molecule has 1 aliphatic rings. The number of aromatic nitrogens is 2. The highest BCUT2D eigenvalue weighted by Crippen LogP contribution is 2.55. The van der Waals surface area contributed by atoms with Crippen LogP contribution in [0.25, 0.3) is 0 Å². The number of carbonyl (C=O) groups is 5. The van der Waals surface area contributed by atoms with E-state index in [-0.39, 0.29) is 44.9 Å². The van der Waals surface area contributed by atoms with E-state index in [9.17, 15) is 87.5 Å². The van der Waals surface area contributed by atoms with Crippen LogP contribution >= 0.6 is 23.0 Å². The molecule has 60 heavy (non-hydrogen) atoms. The molecule has 30 heteroatoms. The summed E-state index contributed by atoms with van der Waals surface area (Å²) in [7, 11) is -15.8. The highest BCUT2D eigenvalue weighted by Gasteiger charge is 2.44. The zero-order valence-electron chi connectivity index (χ0n) is 31.8. The van der Waals surface area contributed by atoms with Gasteiger partial charge in [0.25, 0.3) is 21.2 Å². The van der Waals surface area contributed by atoms with E-state index in [0.717, 1.165) is 12.3 Å². The van der Waals surface area contributed by atoms with Crippen molar-refractivity contribution in [2.75, 3.05) is 25.5 Å². The first-order valence-corrected chi connectivity index (χ1v) is 23.0. The Morgan fingerprint density at radius 2 is 1.55 bits per heavy atom. The fraction of sp³-hybridized carbons (Fsp3) is 0.700. The lowest BCUT2D eigenvalue weighted by molar-refractivity contribution is -0.438. The van der Waals surface area contributed by atoms with Gasteiger partial charge in [0.15, 0.2) is 6.23 Å². The molecule has 27 nitrogen and oxygen atoms in total. The molecule has 2 rings (SSSR count). The number of quaternary nitrogens is 1. The van der Waals surface area contributed by atoms with Crippen LogP contribution in [-0.4, -0.2) is 111 Å². The van der Waals surface area contributed by atoms with Crippen molar-refractivity contribution in [2.45, 2.75) is 101 Å². The number of aliphatic carboxylic acids is 3. The van der Waals surface area contributed by atoms with Gasteiger partial charge in [0, 0.05) is 44.4 Å². The molecule has 1 fully saturated rings. The van der Waals surface area contributed by atoms with Crippen molar-refractivity contribution in [3.05, 3.63) is 33.1 Å². The number of aliphatic hydroxyl groups is 2. The molecule has 1 aromatic heterocycles. The molecule has 0 spiro atoms. The lowest BCUT2D eigenvalue weighted by atomic mass is 10.0. The number of hydrogen-bond donors (Lipinski definition) is 6. The largest absolute Gasteiger partial charge is 0.799 e. The van der Waals surface area contributed by atoms with Crippen LogP contribution in [0, 0.1) is 5.92 Å². The molecule has 0 bridgehead atoms. The fourth-order valence-corrected chi connectivity index (χ4v) is 9.37. The van der Waals surface area contributed by atoms with E-state index in [4.69, 9.17) is 4.74 Å². The number of rotatable bonds is 28. The van der Waals surface area contributed by atoms with Gasteiger partial charge in [0.2, 0.25) is 11.8 Å². The SMILES string of the molecule is C[C@H](NC(=O)CCCCCOP(=O)([O-])OP(=O)([O-])OCC1OC(n2ccc(=O)[nH]c2=O)C(O)C1O)C(=O)NC(CCP(=O)([O-])CC(CCCC([NH3+])C(=O)[O-])C(=O)[O-])C(=O)[O-]. The lowest BCUT2D eigenvalue weighted by Gasteiger charge is -2.31. The van der Waals surface area contributed by atoms with Crippen molar-refractivity contribution < 1.29 is 102 Å². The van der Waals surface area contributed by atoms with Crippen molar-refractivity contribution in [3.63, 3.8) is 0 Å². The maximum absolute atomic E-state index is 12.6. The van der Waals surface area contributed by atoms with Crippen LogP contribution in [-0.2, 0) is 55.8 Å². The Balaban J connectivity index is 1.72. The summed E-state index contributed by atoms with van der Waals surface area (Å²) >= 11 is 0. The molecule has 1 saturated heterocycles. The number of nitrogens with zero attached hydrogens (tertiary/aromatic N) is 1. The number of nitrogens with one attached hydrogen (secondary N) is 3. The van der Waals surface area contributed by atoms with Crippen LogP contribution in [0.3, 0.4) is 0 Å². The van der Waals surface area contributed by atoms with Gasteiger partial charge in [0.05, 0.1) is 31.2 Å². The Morgan fingerprint density at radius 1 is 0.900 bits per heavy atom. The number of phosphoric ester groups is 2. The molecule has 10 unspecified atom stereocenters. The first kappa shape index (κ1) is 52.5. The Hall–Kier alpha value is -3.68. The Labute approximate surface area is 339 Å². The third-order valence-electron chi connectivity index (χ3n) is 8.76. The number of carbonyl (C=O) groups excluding carboxylic acids is 5. The number of H-pyrrole nitrogens is 1. The number of unbranched alkanes of at least 4 members (excludes halogenated alkanes) is 2. The molecule has 1 aromatic rings. The second-order valence-electron chi connectivity index (χ2n) is 13.6. The second kappa shape index (κ2) is 23.5. The number of amides is 2. The first-order valence-electron chi connectivity index (χ1n) is 18.0. The normalized spacial score (nSPS) is 22.9. The summed E-state index contributed by atoms with van der Waals surface area (Å²) in [5.41, 5.74) is 1.51. The molecule has 342 valence electrons. The second-order valence-corrected chi connectivity index (χ2v) is 19.0. The van der Waals surface area contributed by atoms with Crippen LogP contribution < -0.4 is 57.6 Å². The van der Waals surface area contributed by atoms with E-state index >= 15 is 0 Å². The standard InChI is InChI=1S/C30H50N5O22P3/c1-16(25(40)33-19(29(45)46)10-13-58(48,49)15-17(27(41)42)6-5-7-18(31)28(43)44)32-21(36)8-3-2-4-12-54-59(50,51)57-60(52,53)55-14-20-23(38)24(39)26(56-20)35-11-9-22(37)34-30(35)47/h9,11,16-20,23-24,26,38-39H,2-8,10,12-15,31H2,1H3,(H,32,36)(H,33,40)(H,41,42)(H,43,44)(H,45,46)(H,48,49)(H,50,51)(H,52,53)(H,34,37,47)/p-5/t16-,17?,18?,19?,20?,23?,24?,26?/m0/s1. The van der Waals surface area contributed by atoms with Gasteiger partial charge in [-0.25, -0.2) is 9.11 Å². The number of aliphatic hydroxyl groups excluding tert-OH is 2. The first-order chi connectivity index (χ1) is 27.7. The Bertz CT molecular complexity index is 1930. The molecule has 0 aromatic carbocycles. The van der Waals surface area contributed by atoms with Gasteiger partial charge in [-0.3, -0.25) is 33.1 Å². The maximum Gasteiger partial charge on any atom is 0.330 e. The zero-order chi connectivity index (χ0) is 45.6. The van der Waals surface area contributed by atoms with Crippen molar-refractivity contribution in [2.24, 2.45) is 5.92 Å². The smallest absolute Gasteiger partial charge is 0.330 e. The lowest BCUT2D eigenvalue weighted by Crippen LogP contribution is -2.68. The van der Waals surface area contributed by atoms with Crippen LogP contribution in [0.4, 0.5) is 0 Å². The third-order valence-corrected chi connectivity index (χ3v) is 13.3. The van der Waals surface area contributed by atoms with E-state index < -0.39 is 145 Å². The molecule has 2 heterocycles. The summed E-state index contributed by atoms with van der Waals surface area (Å²) in [6.07, 6.45) is -8.89. The molecular formula is C30H45N5O22P3-5. The minimum Gasteiger partial charge on any atom is -0.799 e. The minimum absolute atomic E-state index is 0.0274. The average molecular weight is 921 g/mol. The number of carboxylic acids is 3. The highest BCUT2D eigenvalue weighted by molar-refractivity contribution is 7.59. The van der Waals surface area contributed by atoms with Gasteiger partial charge < -0.3 is 89.3 Å². The maximum atomic E-state index is 12.6. The molecule has 0 radical (unpaired) electrons. The number of carboxylic acid groups (broad SMARTS) is 3. The van der Waals surface area contributed by atoms with E-state index in [0.29, 0.717) is 4.57 Å². The average Bonchev–Trinajstić information content (AvgIpc) is 3.41. The summed E-state index contributed by atoms with van der Waals surface area (Å²) in [5.74, 6) is -8.36. The summed E-state index contributed by atoms with van der Waals surface area (Å²) in [6.45, 7) is -0.522. The monoisotopic (exact) mass is 920 g/mol. The molecule has 2 amide bonds. The topological polar surface area (TPSA) is 459 Å². The van der Waals surface area contributed by atoms with E-state index in [1.54, 1.807) is 0 Å².